The highest BCUT2D eigenvalue weighted by Gasteiger charge is 2.18. The molecule has 2 atom stereocenters. The van der Waals surface area contributed by atoms with Gasteiger partial charge in [-0.1, -0.05) is 37.3 Å². The Morgan fingerprint density at radius 3 is 2.83 bits per heavy atom. The van der Waals surface area contributed by atoms with E-state index in [2.05, 4.69) is 42.6 Å². The van der Waals surface area contributed by atoms with Crippen molar-refractivity contribution in [1.82, 2.24) is 5.32 Å². The molecule has 0 aliphatic carbocycles. The molecule has 2 heteroatoms. The van der Waals surface area contributed by atoms with Crippen molar-refractivity contribution in [3.05, 3.63) is 35.9 Å². The lowest BCUT2D eigenvalue weighted by molar-refractivity contribution is 0.183. The van der Waals surface area contributed by atoms with Gasteiger partial charge in [-0.15, -0.1) is 0 Å². The quantitative estimate of drug-likeness (QED) is 0.795. The molecule has 1 aromatic rings. The summed E-state index contributed by atoms with van der Waals surface area (Å²) in [5.74, 6) is 0.777. The van der Waals surface area contributed by atoms with Crippen molar-refractivity contribution in [3.8, 4) is 0 Å². The fourth-order valence-corrected chi connectivity index (χ4v) is 2.60. The minimum Gasteiger partial charge on any atom is -0.381 e. The zero-order chi connectivity index (χ0) is 12.6. The first-order valence-corrected chi connectivity index (χ1v) is 7.26. The Morgan fingerprint density at radius 1 is 1.33 bits per heavy atom. The van der Waals surface area contributed by atoms with Crippen molar-refractivity contribution in [2.45, 2.75) is 38.6 Å². The lowest BCUT2D eigenvalue weighted by Gasteiger charge is -2.20. The zero-order valence-electron chi connectivity index (χ0n) is 11.4. The summed E-state index contributed by atoms with van der Waals surface area (Å²) in [6.45, 7) is 5.25. The van der Waals surface area contributed by atoms with Crippen molar-refractivity contribution in [3.63, 3.8) is 0 Å². The van der Waals surface area contributed by atoms with Crippen molar-refractivity contribution in [2.24, 2.45) is 5.92 Å². The molecule has 0 aromatic heterocycles. The van der Waals surface area contributed by atoms with Crippen LogP contribution in [-0.2, 0) is 4.74 Å². The number of rotatable bonds is 7. The van der Waals surface area contributed by atoms with E-state index in [9.17, 15) is 0 Å². The first kappa shape index (κ1) is 13.6. The zero-order valence-corrected chi connectivity index (χ0v) is 11.4. The summed E-state index contributed by atoms with van der Waals surface area (Å²) < 4.78 is 5.46. The Balaban J connectivity index is 1.87. The van der Waals surface area contributed by atoms with Crippen LogP contribution < -0.4 is 5.32 Å². The lowest BCUT2D eigenvalue weighted by atomic mass is 9.95. The summed E-state index contributed by atoms with van der Waals surface area (Å²) in [5.41, 5.74) is 1.42. The van der Waals surface area contributed by atoms with Gasteiger partial charge in [-0.3, -0.25) is 0 Å². The molecule has 2 rings (SSSR count). The molecule has 1 heterocycles. The summed E-state index contributed by atoms with van der Waals surface area (Å²) >= 11 is 0. The first-order valence-electron chi connectivity index (χ1n) is 7.26. The van der Waals surface area contributed by atoms with Gasteiger partial charge >= 0.3 is 0 Å². The SMILES string of the molecule is CCCNC(CCC1CCOC1)c1ccccc1. The van der Waals surface area contributed by atoms with Gasteiger partial charge in [0, 0.05) is 19.3 Å². The predicted octanol–water partition coefficient (Wildman–Crippen LogP) is 3.54. The fraction of sp³-hybridized carbons (Fsp3) is 0.625. The minimum atomic E-state index is 0.506. The molecule has 1 fully saturated rings. The molecule has 18 heavy (non-hydrogen) atoms. The molecule has 100 valence electrons. The Morgan fingerprint density at radius 2 is 2.17 bits per heavy atom. The summed E-state index contributed by atoms with van der Waals surface area (Å²) in [7, 11) is 0. The number of ether oxygens (including phenoxy) is 1. The van der Waals surface area contributed by atoms with Crippen LogP contribution >= 0.6 is 0 Å². The molecule has 1 saturated heterocycles. The van der Waals surface area contributed by atoms with Crippen molar-refractivity contribution < 1.29 is 4.74 Å². The number of nitrogens with one attached hydrogen (secondary N) is 1. The van der Waals surface area contributed by atoms with Gasteiger partial charge in [0.1, 0.15) is 0 Å². The normalized spacial score (nSPS) is 21.1. The van der Waals surface area contributed by atoms with Crippen LogP contribution in [0.5, 0.6) is 0 Å². The third-order valence-electron chi connectivity index (χ3n) is 3.73. The van der Waals surface area contributed by atoms with E-state index in [0.29, 0.717) is 6.04 Å². The Labute approximate surface area is 111 Å². The van der Waals surface area contributed by atoms with Crippen molar-refractivity contribution in [1.29, 1.82) is 0 Å². The second-order valence-electron chi connectivity index (χ2n) is 5.22. The van der Waals surface area contributed by atoms with E-state index in [0.717, 1.165) is 25.7 Å². The molecule has 1 aliphatic rings. The van der Waals surface area contributed by atoms with Crippen molar-refractivity contribution >= 4 is 0 Å². The van der Waals surface area contributed by atoms with Gasteiger partial charge in [-0.2, -0.15) is 0 Å². The van der Waals surface area contributed by atoms with E-state index < -0.39 is 0 Å². The second-order valence-corrected chi connectivity index (χ2v) is 5.22. The van der Waals surface area contributed by atoms with E-state index in [-0.39, 0.29) is 0 Å². The average molecular weight is 247 g/mol. The molecule has 2 unspecified atom stereocenters. The standard InChI is InChI=1S/C16H25NO/c1-2-11-17-16(15-6-4-3-5-7-15)9-8-14-10-12-18-13-14/h3-7,14,16-17H,2,8-13H2,1H3. The lowest BCUT2D eigenvalue weighted by Crippen LogP contribution is -2.23. The van der Waals surface area contributed by atoms with Crippen LogP contribution in [-0.4, -0.2) is 19.8 Å². The average Bonchev–Trinajstić information content (AvgIpc) is 2.93. The molecule has 0 saturated carbocycles. The molecule has 0 amide bonds. The van der Waals surface area contributed by atoms with Crippen LogP contribution in [0.25, 0.3) is 0 Å². The molecule has 0 spiro atoms. The van der Waals surface area contributed by atoms with Gasteiger partial charge in [-0.25, -0.2) is 0 Å². The van der Waals surface area contributed by atoms with E-state index in [4.69, 9.17) is 4.74 Å². The van der Waals surface area contributed by atoms with Gasteiger partial charge in [0.05, 0.1) is 0 Å². The Hall–Kier alpha value is -0.860. The van der Waals surface area contributed by atoms with Crippen LogP contribution in [0.1, 0.15) is 44.2 Å². The molecule has 1 N–H and O–H groups in total. The number of hydrogen-bond acceptors (Lipinski definition) is 2. The van der Waals surface area contributed by atoms with Crippen LogP contribution in [0.3, 0.4) is 0 Å². The first-order chi connectivity index (χ1) is 8.90. The number of hydrogen-bond donors (Lipinski definition) is 1. The molecule has 1 aliphatic heterocycles. The summed E-state index contributed by atoms with van der Waals surface area (Å²) in [6.07, 6.45) is 4.93. The molecular formula is C16H25NO. The highest BCUT2D eigenvalue weighted by atomic mass is 16.5. The maximum absolute atomic E-state index is 5.46. The number of benzene rings is 1. The summed E-state index contributed by atoms with van der Waals surface area (Å²) in [4.78, 5) is 0. The minimum absolute atomic E-state index is 0.506. The maximum Gasteiger partial charge on any atom is 0.0495 e. The van der Waals surface area contributed by atoms with E-state index in [1.165, 1.54) is 31.2 Å². The van der Waals surface area contributed by atoms with Gasteiger partial charge < -0.3 is 10.1 Å². The smallest absolute Gasteiger partial charge is 0.0495 e. The topological polar surface area (TPSA) is 21.3 Å². The third kappa shape index (κ3) is 4.11. The monoisotopic (exact) mass is 247 g/mol. The summed E-state index contributed by atoms with van der Waals surface area (Å²) in [5, 5.41) is 3.67. The fourth-order valence-electron chi connectivity index (χ4n) is 2.60. The van der Waals surface area contributed by atoms with E-state index in [1.54, 1.807) is 0 Å². The van der Waals surface area contributed by atoms with Gasteiger partial charge in [0.25, 0.3) is 0 Å². The molecular weight excluding hydrogens is 222 g/mol. The molecule has 0 bridgehead atoms. The van der Waals surface area contributed by atoms with E-state index in [1.807, 2.05) is 0 Å². The van der Waals surface area contributed by atoms with Gasteiger partial charge in [0.15, 0.2) is 0 Å². The predicted molar refractivity (Wildman–Crippen MR) is 75.6 cm³/mol. The van der Waals surface area contributed by atoms with Crippen LogP contribution in [0.2, 0.25) is 0 Å². The van der Waals surface area contributed by atoms with Crippen LogP contribution in [0.15, 0.2) is 30.3 Å². The Bertz CT molecular complexity index is 319. The summed E-state index contributed by atoms with van der Waals surface area (Å²) in [6, 6.07) is 11.3. The highest BCUT2D eigenvalue weighted by molar-refractivity contribution is 5.18. The van der Waals surface area contributed by atoms with Crippen LogP contribution in [0, 0.1) is 5.92 Å². The maximum atomic E-state index is 5.46. The Kier molecular flexibility index (Phi) is 5.69. The van der Waals surface area contributed by atoms with Gasteiger partial charge in [-0.05, 0) is 43.7 Å². The molecule has 0 radical (unpaired) electrons. The van der Waals surface area contributed by atoms with Gasteiger partial charge in [0.2, 0.25) is 0 Å². The van der Waals surface area contributed by atoms with Crippen LogP contribution in [0.4, 0.5) is 0 Å². The van der Waals surface area contributed by atoms with Crippen molar-refractivity contribution in [2.75, 3.05) is 19.8 Å². The molecule has 2 nitrogen and oxygen atoms in total. The molecule has 1 aromatic carbocycles. The highest BCUT2D eigenvalue weighted by Crippen LogP contribution is 2.25. The largest absolute Gasteiger partial charge is 0.381 e. The third-order valence-corrected chi connectivity index (χ3v) is 3.73. The second kappa shape index (κ2) is 7.55. The van der Waals surface area contributed by atoms with E-state index >= 15 is 0 Å².